The number of hydrazone groups is 1. The number of hydrogen-bond acceptors (Lipinski definition) is 4. The highest BCUT2D eigenvalue weighted by Crippen LogP contribution is 2.28. The molecular weight excluding hydrogens is 470 g/mol. The first-order valence-electron chi connectivity index (χ1n) is 12.0. The quantitative estimate of drug-likeness (QED) is 0.320. The number of anilines is 1. The Kier molecular flexibility index (Phi) is 8.35. The van der Waals surface area contributed by atoms with Gasteiger partial charge in [-0.25, -0.2) is 13.8 Å². The van der Waals surface area contributed by atoms with E-state index in [2.05, 4.69) is 31.3 Å². The molecule has 0 bridgehead atoms. The van der Waals surface area contributed by atoms with Crippen molar-refractivity contribution in [3.63, 3.8) is 0 Å². The summed E-state index contributed by atoms with van der Waals surface area (Å²) in [5.74, 6) is -0.526. The van der Waals surface area contributed by atoms with Crippen LogP contribution in [-0.2, 0) is 26.7 Å². The van der Waals surface area contributed by atoms with Gasteiger partial charge in [0.15, 0.2) is 0 Å². The molecule has 1 N–H and O–H groups in total. The van der Waals surface area contributed by atoms with Gasteiger partial charge >= 0.3 is 0 Å². The van der Waals surface area contributed by atoms with Gasteiger partial charge in [-0.1, -0.05) is 87.9 Å². The fourth-order valence-electron chi connectivity index (χ4n) is 3.78. The van der Waals surface area contributed by atoms with E-state index in [9.17, 15) is 13.2 Å². The van der Waals surface area contributed by atoms with Crippen LogP contribution in [0.1, 0.15) is 56.9 Å². The monoisotopic (exact) mass is 505 g/mol. The summed E-state index contributed by atoms with van der Waals surface area (Å²) >= 11 is 0. The van der Waals surface area contributed by atoms with Gasteiger partial charge in [0, 0.05) is 0 Å². The zero-order chi connectivity index (χ0) is 26.5. The predicted octanol–water partition coefficient (Wildman–Crippen LogP) is 5.59. The predicted molar refractivity (Wildman–Crippen MR) is 147 cm³/mol. The number of para-hydroxylation sites is 1. The third-order valence-corrected chi connectivity index (χ3v) is 7.83. The second-order valence-electron chi connectivity index (χ2n) is 9.87. The summed E-state index contributed by atoms with van der Waals surface area (Å²) in [6.45, 7) is 11.7. The van der Waals surface area contributed by atoms with E-state index in [0.29, 0.717) is 17.8 Å². The lowest BCUT2D eigenvalue weighted by molar-refractivity contribution is -0.119. The summed E-state index contributed by atoms with van der Waals surface area (Å²) < 4.78 is 28.4. The van der Waals surface area contributed by atoms with Crippen LogP contribution in [0.2, 0.25) is 0 Å². The van der Waals surface area contributed by atoms with Crippen LogP contribution in [-0.4, -0.2) is 26.6 Å². The van der Waals surface area contributed by atoms with E-state index in [4.69, 9.17) is 0 Å². The number of aryl methyl sites for hydroxylation is 2. The molecule has 0 aliphatic carbocycles. The zero-order valence-electron chi connectivity index (χ0n) is 21.9. The molecule has 0 saturated carbocycles. The van der Waals surface area contributed by atoms with E-state index in [1.807, 2.05) is 50.2 Å². The van der Waals surface area contributed by atoms with Gasteiger partial charge in [-0.2, -0.15) is 5.10 Å². The number of sulfonamides is 1. The first-order chi connectivity index (χ1) is 16.9. The molecule has 3 aromatic rings. The summed E-state index contributed by atoms with van der Waals surface area (Å²) in [6.07, 6.45) is 0.625. The Bertz CT molecular complexity index is 1340. The van der Waals surface area contributed by atoms with Gasteiger partial charge in [0.25, 0.3) is 15.9 Å². The molecule has 0 fully saturated rings. The van der Waals surface area contributed by atoms with Gasteiger partial charge < -0.3 is 0 Å². The Balaban J connectivity index is 1.87. The molecule has 190 valence electrons. The second-order valence-corrected chi connectivity index (χ2v) is 11.7. The first kappa shape index (κ1) is 27.1. The second kappa shape index (κ2) is 11.1. The van der Waals surface area contributed by atoms with E-state index in [1.54, 1.807) is 43.3 Å². The van der Waals surface area contributed by atoms with Crippen molar-refractivity contribution < 1.29 is 13.2 Å². The smallest absolute Gasteiger partial charge is 0.264 e. The van der Waals surface area contributed by atoms with Crippen LogP contribution >= 0.6 is 0 Å². The molecule has 6 nitrogen and oxygen atoms in total. The van der Waals surface area contributed by atoms with Crippen LogP contribution < -0.4 is 9.73 Å². The number of carbonyl (C=O) groups excluding carboxylic acids is 1. The van der Waals surface area contributed by atoms with Gasteiger partial charge in [-0.3, -0.25) is 9.10 Å². The first-order valence-corrected chi connectivity index (χ1v) is 13.5. The summed E-state index contributed by atoms with van der Waals surface area (Å²) in [4.78, 5) is 13.1. The number of nitrogens with one attached hydrogen (secondary N) is 1. The minimum atomic E-state index is -3.98. The Morgan fingerprint density at radius 1 is 0.944 bits per heavy atom. The lowest BCUT2D eigenvalue weighted by Crippen LogP contribution is -2.40. The molecule has 0 saturated heterocycles. The highest BCUT2D eigenvalue weighted by Gasteiger charge is 2.28. The Hall–Kier alpha value is -3.45. The Morgan fingerprint density at radius 2 is 1.56 bits per heavy atom. The van der Waals surface area contributed by atoms with Crippen LogP contribution in [0.4, 0.5) is 5.69 Å². The van der Waals surface area contributed by atoms with E-state index < -0.39 is 22.5 Å². The van der Waals surface area contributed by atoms with Crippen molar-refractivity contribution in [3.05, 3.63) is 95.1 Å². The van der Waals surface area contributed by atoms with Crippen molar-refractivity contribution >= 4 is 27.3 Å². The van der Waals surface area contributed by atoms with Crippen molar-refractivity contribution in [1.82, 2.24) is 5.43 Å². The molecule has 0 spiro atoms. The number of amides is 1. The van der Waals surface area contributed by atoms with E-state index in [0.717, 1.165) is 21.0 Å². The highest BCUT2D eigenvalue weighted by atomic mass is 32.2. The maximum absolute atomic E-state index is 13.6. The number of hydrogen-bond donors (Lipinski definition) is 1. The van der Waals surface area contributed by atoms with Crippen molar-refractivity contribution in [1.29, 1.82) is 0 Å². The molecule has 3 aromatic carbocycles. The van der Waals surface area contributed by atoms with Crippen molar-refractivity contribution in [3.8, 4) is 0 Å². The fraction of sp³-hybridized carbons (Fsp3) is 0.310. The maximum Gasteiger partial charge on any atom is 0.264 e. The normalized spacial score (nSPS) is 12.3. The Labute approximate surface area is 215 Å². The standard InChI is InChI=1S/C29H35N3O3S/c1-7-23-10-8-9-11-27(23)32(36(34,35)26-18-12-21(2)13-19-26)20-28(33)31-30-22(3)24-14-16-25(17-15-24)29(4,5)6/h8-19H,7,20H2,1-6H3,(H,31,33)/b30-22-. The largest absolute Gasteiger partial charge is 0.271 e. The fourth-order valence-corrected chi connectivity index (χ4v) is 5.24. The minimum absolute atomic E-state index is 0.0406. The van der Waals surface area contributed by atoms with Gasteiger partial charge in [-0.15, -0.1) is 0 Å². The molecule has 3 rings (SSSR count). The summed E-state index contributed by atoms with van der Waals surface area (Å²) in [6, 6.07) is 21.9. The van der Waals surface area contributed by atoms with Crippen LogP contribution in [0.5, 0.6) is 0 Å². The number of nitrogens with zero attached hydrogens (tertiary/aromatic N) is 2. The van der Waals surface area contributed by atoms with Gasteiger partial charge in [0.05, 0.1) is 16.3 Å². The molecule has 0 heterocycles. The zero-order valence-corrected chi connectivity index (χ0v) is 22.7. The highest BCUT2D eigenvalue weighted by molar-refractivity contribution is 7.92. The third-order valence-electron chi connectivity index (χ3n) is 6.05. The molecule has 7 heteroatoms. The third kappa shape index (κ3) is 6.40. The SMILES string of the molecule is CCc1ccccc1N(CC(=O)N/N=C(/C)c1ccc(C(C)(C)C)cc1)S(=O)(=O)c1ccc(C)cc1. The van der Waals surface area contributed by atoms with Crippen LogP contribution in [0.15, 0.2) is 82.8 Å². The van der Waals surface area contributed by atoms with Gasteiger partial charge in [0.1, 0.15) is 6.54 Å². The molecule has 0 unspecified atom stereocenters. The summed E-state index contributed by atoms with van der Waals surface area (Å²) in [5.41, 5.74) is 7.56. The van der Waals surface area contributed by atoms with Crippen LogP contribution in [0.25, 0.3) is 0 Å². The van der Waals surface area contributed by atoms with Crippen LogP contribution in [0, 0.1) is 6.92 Å². The molecule has 0 atom stereocenters. The molecule has 0 aliphatic rings. The van der Waals surface area contributed by atoms with E-state index in [-0.39, 0.29) is 10.3 Å². The van der Waals surface area contributed by atoms with Crippen molar-refractivity contribution in [2.24, 2.45) is 5.10 Å². The minimum Gasteiger partial charge on any atom is -0.271 e. The summed E-state index contributed by atoms with van der Waals surface area (Å²) in [7, 11) is -3.98. The van der Waals surface area contributed by atoms with Crippen molar-refractivity contribution in [2.45, 2.75) is 58.3 Å². The maximum atomic E-state index is 13.6. The summed E-state index contributed by atoms with van der Waals surface area (Å²) in [5, 5.41) is 4.24. The molecule has 0 radical (unpaired) electrons. The number of carbonyl (C=O) groups is 1. The average Bonchev–Trinajstić information content (AvgIpc) is 2.85. The van der Waals surface area contributed by atoms with E-state index >= 15 is 0 Å². The van der Waals surface area contributed by atoms with Gasteiger partial charge in [0.2, 0.25) is 0 Å². The lowest BCUT2D eigenvalue weighted by Gasteiger charge is -2.26. The number of benzene rings is 3. The topological polar surface area (TPSA) is 78.8 Å². The van der Waals surface area contributed by atoms with E-state index in [1.165, 1.54) is 5.56 Å². The van der Waals surface area contributed by atoms with Gasteiger partial charge in [-0.05, 0) is 60.6 Å². The molecule has 1 amide bonds. The molecule has 36 heavy (non-hydrogen) atoms. The molecule has 0 aliphatic heterocycles. The lowest BCUT2D eigenvalue weighted by atomic mass is 9.86. The Morgan fingerprint density at radius 3 is 2.14 bits per heavy atom. The molecule has 0 aromatic heterocycles. The van der Waals surface area contributed by atoms with Crippen LogP contribution in [0.3, 0.4) is 0 Å². The average molecular weight is 506 g/mol. The molecular formula is C29H35N3O3S. The van der Waals surface area contributed by atoms with Crippen molar-refractivity contribution in [2.75, 3.05) is 10.8 Å². The number of rotatable bonds is 8.